The van der Waals surface area contributed by atoms with Gasteiger partial charge in [-0.05, 0) is 43.1 Å². The van der Waals surface area contributed by atoms with Crippen LogP contribution >= 0.6 is 27.3 Å². The highest BCUT2D eigenvalue weighted by atomic mass is 79.9. The number of halogens is 1. The first-order valence-electron chi connectivity index (χ1n) is 6.01. The van der Waals surface area contributed by atoms with Crippen molar-refractivity contribution in [2.24, 2.45) is 0 Å². The highest BCUT2D eigenvalue weighted by molar-refractivity contribution is 9.11. The number of thiazole rings is 1. The molecule has 0 aliphatic heterocycles. The standard InChI is InChI=1S/C12H19BrN2O3S/c1-12(2,3)18-11(16)14-5-4-6-17-7-9-8-19-10(13)15-9/h8H,4-7H2,1-3H3,(H,14,16). The third-order valence-corrected chi connectivity index (χ3v) is 3.32. The van der Waals surface area contributed by atoms with Crippen LogP contribution in [0.15, 0.2) is 9.30 Å². The second-order valence-electron chi connectivity index (χ2n) is 4.93. The molecule has 1 aromatic heterocycles. The second-order valence-corrected chi connectivity index (χ2v) is 7.06. The van der Waals surface area contributed by atoms with Crippen molar-refractivity contribution >= 4 is 33.4 Å². The number of nitrogens with one attached hydrogen (secondary N) is 1. The molecule has 1 amide bonds. The average Bonchev–Trinajstić information content (AvgIpc) is 2.67. The molecule has 1 heterocycles. The minimum atomic E-state index is -0.460. The fourth-order valence-corrected chi connectivity index (χ4v) is 2.24. The topological polar surface area (TPSA) is 60.5 Å². The number of hydrogen-bond acceptors (Lipinski definition) is 5. The molecule has 0 saturated heterocycles. The Hall–Kier alpha value is -0.660. The third kappa shape index (κ3) is 8.18. The second kappa shape index (κ2) is 7.81. The summed E-state index contributed by atoms with van der Waals surface area (Å²) in [6.07, 6.45) is 0.348. The predicted octanol–water partition coefficient (Wildman–Crippen LogP) is 3.34. The molecule has 0 radical (unpaired) electrons. The van der Waals surface area contributed by atoms with Crippen LogP contribution in [-0.2, 0) is 16.1 Å². The summed E-state index contributed by atoms with van der Waals surface area (Å²) in [6, 6.07) is 0. The smallest absolute Gasteiger partial charge is 0.407 e. The van der Waals surface area contributed by atoms with E-state index in [9.17, 15) is 4.79 Å². The number of amides is 1. The van der Waals surface area contributed by atoms with Gasteiger partial charge in [0, 0.05) is 18.5 Å². The van der Waals surface area contributed by atoms with Crippen LogP contribution in [0.1, 0.15) is 32.9 Å². The first kappa shape index (κ1) is 16.4. The minimum Gasteiger partial charge on any atom is -0.444 e. The summed E-state index contributed by atoms with van der Waals surface area (Å²) < 4.78 is 11.4. The summed E-state index contributed by atoms with van der Waals surface area (Å²) in [5, 5.41) is 4.63. The summed E-state index contributed by atoms with van der Waals surface area (Å²) in [5.74, 6) is 0. The van der Waals surface area contributed by atoms with Gasteiger partial charge < -0.3 is 14.8 Å². The maximum atomic E-state index is 11.3. The minimum absolute atomic E-state index is 0.393. The highest BCUT2D eigenvalue weighted by Crippen LogP contribution is 2.16. The van der Waals surface area contributed by atoms with Crippen LogP contribution in [-0.4, -0.2) is 29.8 Å². The molecule has 0 fully saturated rings. The molecule has 0 bridgehead atoms. The van der Waals surface area contributed by atoms with Gasteiger partial charge in [-0.15, -0.1) is 11.3 Å². The lowest BCUT2D eigenvalue weighted by atomic mass is 10.2. The molecule has 1 aromatic rings. The third-order valence-electron chi connectivity index (χ3n) is 1.91. The van der Waals surface area contributed by atoms with Gasteiger partial charge in [-0.25, -0.2) is 9.78 Å². The summed E-state index contributed by atoms with van der Waals surface area (Å²) in [7, 11) is 0. The van der Waals surface area contributed by atoms with Crippen molar-refractivity contribution in [3.05, 3.63) is 15.0 Å². The van der Waals surface area contributed by atoms with Gasteiger partial charge in [0.05, 0.1) is 12.3 Å². The molecular formula is C12H19BrN2O3S. The van der Waals surface area contributed by atoms with E-state index in [1.54, 1.807) is 0 Å². The van der Waals surface area contributed by atoms with Crippen molar-refractivity contribution in [1.29, 1.82) is 0 Å². The van der Waals surface area contributed by atoms with Crippen molar-refractivity contribution in [1.82, 2.24) is 10.3 Å². The number of ether oxygens (including phenoxy) is 2. The molecule has 1 N–H and O–H groups in total. The molecule has 19 heavy (non-hydrogen) atoms. The van der Waals surface area contributed by atoms with Gasteiger partial charge in [0.2, 0.25) is 0 Å². The van der Waals surface area contributed by atoms with Crippen molar-refractivity contribution in [3.8, 4) is 0 Å². The van der Waals surface area contributed by atoms with Gasteiger partial charge in [-0.1, -0.05) is 0 Å². The molecule has 7 heteroatoms. The first-order chi connectivity index (χ1) is 8.87. The average molecular weight is 351 g/mol. The monoisotopic (exact) mass is 350 g/mol. The first-order valence-corrected chi connectivity index (χ1v) is 7.68. The van der Waals surface area contributed by atoms with Gasteiger partial charge in [-0.2, -0.15) is 0 Å². The van der Waals surface area contributed by atoms with Crippen LogP contribution < -0.4 is 5.32 Å². The van der Waals surface area contributed by atoms with Crippen LogP contribution in [0, 0.1) is 0 Å². The zero-order valence-corrected chi connectivity index (χ0v) is 13.8. The summed E-state index contributed by atoms with van der Waals surface area (Å²) in [4.78, 5) is 15.5. The molecule has 0 atom stereocenters. The van der Waals surface area contributed by atoms with Crippen molar-refractivity contribution < 1.29 is 14.3 Å². The van der Waals surface area contributed by atoms with E-state index in [1.807, 2.05) is 26.2 Å². The molecule has 0 aliphatic carbocycles. The lowest BCUT2D eigenvalue weighted by Crippen LogP contribution is -2.33. The van der Waals surface area contributed by atoms with E-state index < -0.39 is 11.7 Å². The van der Waals surface area contributed by atoms with E-state index in [1.165, 1.54) is 11.3 Å². The van der Waals surface area contributed by atoms with Crippen molar-refractivity contribution in [3.63, 3.8) is 0 Å². The van der Waals surface area contributed by atoms with Crippen LogP contribution in [0.3, 0.4) is 0 Å². The lowest BCUT2D eigenvalue weighted by molar-refractivity contribution is 0.0517. The molecule has 1 rings (SSSR count). The molecule has 0 unspecified atom stereocenters. The van der Waals surface area contributed by atoms with E-state index in [2.05, 4.69) is 26.2 Å². The summed E-state index contributed by atoms with van der Waals surface area (Å²) in [6.45, 7) is 7.11. The normalized spacial score (nSPS) is 11.4. The Labute approximate surface area is 125 Å². The van der Waals surface area contributed by atoms with E-state index in [-0.39, 0.29) is 0 Å². The SMILES string of the molecule is CC(C)(C)OC(=O)NCCCOCc1csc(Br)n1. The molecule has 0 aliphatic rings. The molecule has 108 valence electrons. The van der Waals surface area contributed by atoms with Gasteiger partial charge in [0.1, 0.15) is 5.60 Å². The van der Waals surface area contributed by atoms with Crippen LogP contribution in [0.5, 0.6) is 0 Å². The molecule has 0 aromatic carbocycles. The maximum absolute atomic E-state index is 11.3. The summed E-state index contributed by atoms with van der Waals surface area (Å²) in [5.41, 5.74) is 0.454. The van der Waals surface area contributed by atoms with Crippen LogP contribution in [0.4, 0.5) is 4.79 Å². The zero-order chi connectivity index (χ0) is 14.3. The Balaban J connectivity index is 2.01. The van der Waals surface area contributed by atoms with E-state index in [0.29, 0.717) is 19.8 Å². The Morgan fingerprint density at radius 2 is 2.26 bits per heavy atom. The Morgan fingerprint density at radius 3 is 2.84 bits per heavy atom. The fourth-order valence-electron chi connectivity index (χ4n) is 1.20. The Bertz CT molecular complexity index is 404. The van der Waals surface area contributed by atoms with Gasteiger partial charge in [0.15, 0.2) is 3.92 Å². The van der Waals surface area contributed by atoms with E-state index in [4.69, 9.17) is 9.47 Å². The number of carbonyl (C=O) groups is 1. The zero-order valence-electron chi connectivity index (χ0n) is 11.4. The molecule has 0 saturated carbocycles. The number of hydrogen-bond donors (Lipinski definition) is 1. The number of carbonyl (C=O) groups excluding carboxylic acids is 1. The van der Waals surface area contributed by atoms with Gasteiger partial charge >= 0.3 is 6.09 Å². The number of alkyl carbamates (subject to hydrolysis) is 1. The van der Waals surface area contributed by atoms with Crippen LogP contribution in [0.25, 0.3) is 0 Å². The van der Waals surface area contributed by atoms with Crippen molar-refractivity contribution in [2.75, 3.05) is 13.2 Å². The molecule has 0 spiro atoms. The predicted molar refractivity (Wildman–Crippen MR) is 78.3 cm³/mol. The van der Waals surface area contributed by atoms with E-state index >= 15 is 0 Å². The molecular weight excluding hydrogens is 332 g/mol. The maximum Gasteiger partial charge on any atom is 0.407 e. The fraction of sp³-hybridized carbons (Fsp3) is 0.667. The highest BCUT2D eigenvalue weighted by Gasteiger charge is 2.15. The summed E-state index contributed by atoms with van der Waals surface area (Å²) >= 11 is 4.83. The molecule has 5 nitrogen and oxygen atoms in total. The lowest BCUT2D eigenvalue weighted by Gasteiger charge is -2.19. The largest absolute Gasteiger partial charge is 0.444 e. The number of aromatic nitrogens is 1. The Morgan fingerprint density at radius 1 is 1.53 bits per heavy atom. The number of nitrogens with zero attached hydrogens (tertiary/aromatic N) is 1. The van der Waals surface area contributed by atoms with Crippen molar-refractivity contribution in [2.45, 2.75) is 39.4 Å². The quantitative estimate of drug-likeness (QED) is 0.799. The van der Waals surface area contributed by atoms with Crippen LogP contribution in [0.2, 0.25) is 0 Å². The number of rotatable bonds is 6. The van der Waals surface area contributed by atoms with Gasteiger partial charge in [0.25, 0.3) is 0 Å². The van der Waals surface area contributed by atoms with Gasteiger partial charge in [-0.3, -0.25) is 0 Å². The Kier molecular flexibility index (Phi) is 6.74. The van der Waals surface area contributed by atoms with E-state index in [0.717, 1.165) is 16.0 Å².